The summed E-state index contributed by atoms with van der Waals surface area (Å²) in [6.07, 6.45) is 3.79. The predicted molar refractivity (Wildman–Crippen MR) is 116 cm³/mol. The standard InChI is InChI=1S/C22H19N5O4/c1-14-9-18(21(23)19(10-14)27(29)30)22(28)25-15-5-4-6-17(11-15)31-13-16-12-26-8-3-2-7-20(26)24-16/h2-12H,13,23H2,1H3,(H,25,28). The Morgan fingerprint density at radius 2 is 2.06 bits per heavy atom. The number of imidazole rings is 1. The fourth-order valence-corrected chi connectivity index (χ4v) is 3.19. The molecule has 4 rings (SSSR count). The number of rotatable bonds is 6. The van der Waals surface area contributed by atoms with Crippen molar-refractivity contribution in [1.29, 1.82) is 0 Å². The number of fused-ring (bicyclic) bond motifs is 1. The number of hydrogen-bond donors (Lipinski definition) is 2. The third kappa shape index (κ3) is 4.30. The number of carbonyl (C=O) groups is 1. The molecule has 2 aromatic heterocycles. The van der Waals surface area contributed by atoms with Crippen molar-refractivity contribution in [1.82, 2.24) is 9.38 Å². The van der Waals surface area contributed by atoms with Gasteiger partial charge >= 0.3 is 0 Å². The normalized spacial score (nSPS) is 10.7. The molecule has 0 fully saturated rings. The van der Waals surface area contributed by atoms with E-state index in [0.717, 1.165) is 11.3 Å². The third-order valence-electron chi connectivity index (χ3n) is 4.64. The highest BCUT2D eigenvalue weighted by Gasteiger charge is 2.20. The number of benzene rings is 2. The van der Waals surface area contributed by atoms with Gasteiger partial charge in [0.25, 0.3) is 11.6 Å². The van der Waals surface area contributed by atoms with Crippen molar-refractivity contribution < 1.29 is 14.5 Å². The van der Waals surface area contributed by atoms with Gasteiger partial charge in [0.15, 0.2) is 0 Å². The van der Waals surface area contributed by atoms with Crippen LogP contribution in [0.3, 0.4) is 0 Å². The lowest BCUT2D eigenvalue weighted by Gasteiger charge is -2.10. The zero-order chi connectivity index (χ0) is 22.0. The Morgan fingerprint density at radius 3 is 2.84 bits per heavy atom. The Hall–Kier alpha value is -4.40. The van der Waals surface area contributed by atoms with E-state index >= 15 is 0 Å². The molecular formula is C22H19N5O4. The molecule has 4 aromatic rings. The molecule has 3 N–H and O–H groups in total. The molecule has 0 aliphatic carbocycles. The van der Waals surface area contributed by atoms with Gasteiger partial charge in [-0.15, -0.1) is 0 Å². The molecule has 0 spiro atoms. The van der Waals surface area contributed by atoms with E-state index in [4.69, 9.17) is 10.5 Å². The van der Waals surface area contributed by atoms with Gasteiger partial charge in [-0.25, -0.2) is 4.98 Å². The topological polar surface area (TPSA) is 125 Å². The third-order valence-corrected chi connectivity index (χ3v) is 4.64. The first-order valence-electron chi connectivity index (χ1n) is 9.42. The molecule has 0 radical (unpaired) electrons. The Labute approximate surface area is 177 Å². The fraction of sp³-hybridized carbons (Fsp3) is 0.0909. The first-order chi connectivity index (χ1) is 14.9. The number of anilines is 2. The van der Waals surface area contributed by atoms with Crippen molar-refractivity contribution in [2.45, 2.75) is 13.5 Å². The minimum atomic E-state index is -0.604. The maximum Gasteiger partial charge on any atom is 0.293 e. The maximum atomic E-state index is 12.7. The average molecular weight is 417 g/mol. The molecule has 2 aromatic carbocycles. The second-order valence-corrected chi connectivity index (χ2v) is 6.97. The Morgan fingerprint density at radius 1 is 1.23 bits per heavy atom. The quantitative estimate of drug-likeness (QED) is 0.278. The van der Waals surface area contributed by atoms with Gasteiger partial charge in [0, 0.05) is 30.2 Å². The van der Waals surface area contributed by atoms with E-state index < -0.39 is 10.8 Å². The van der Waals surface area contributed by atoms with Crippen molar-refractivity contribution in [3.05, 3.63) is 93.9 Å². The number of nitrogens with zero attached hydrogens (tertiary/aromatic N) is 3. The lowest BCUT2D eigenvalue weighted by molar-refractivity contribution is -0.384. The summed E-state index contributed by atoms with van der Waals surface area (Å²) in [6.45, 7) is 1.92. The number of aryl methyl sites for hydroxylation is 1. The molecule has 9 heteroatoms. The van der Waals surface area contributed by atoms with Gasteiger partial charge in [-0.05, 0) is 42.8 Å². The molecule has 9 nitrogen and oxygen atoms in total. The summed E-state index contributed by atoms with van der Waals surface area (Å²) in [4.78, 5) is 27.7. The van der Waals surface area contributed by atoms with E-state index in [1.165, 1.54) is 12.1 Å². The van der Waals surface area contributed by atoms with Crippen molar-refractivity contribution in [3.8, 4) is 5.75 Å². The number of pyridine rings is 1. The van der Waals surface area contributed by atoms with Crippen LogP contribution in [-0.4, -0.2) is 20.2 Å². The highest BCUT2D eigenvalue weighted by molar-refractivity contribution is 6.09. The van der Waals surface area contributed by atoms with E-state index in [9.17, 15) is 14.9 Å². The van der Waals surface area contributed by atoms with Crippen LogP contribution in [0.15, 0.2) is 67.0 Å². The van der Waals surface area contributed by atoms with Gasteiger partial charge in [0.1, 0.15) is 23.7 Å². The van der Waals surface area contributed by atoms with E-state index in [0.29, 0.717) is 17.0 Å². The van der Waals surface area contributed by atoms with Crippen LogP contribution in [0.5, 0.6) is 5.75 Å². The largest absolute Gasteiger partial charge is 0.487 e. The second kappa shape index (κ2) is 8.15. The summed E-state index contributed by atoms with van der Waals surface area (Å²) in [5, 5.41) is 13.9. The minimum absolute atomic E-state index is 0.0442. The van der Waals surface area contributed by atoms with E-state index in [-0.39, 0.29) is 23.5 Å². The van der Waals surface area contributed by atoms with Gasteiger partial charge in [-0.2, -0.15) is 0 Å². The van der Waals surface area contributed by atoms with Crippen molar-refractivity contribution in [2.24, 2.45) is 0 Å². The van der Waals surface area contributed by atoms with Crippen LogP contribution in [0.25, 0.3) is 5.65 Å². The monoisotopic (exact) mass is 417 g/mol. The van der Waals surface area contributed by atoms with Crippen LogP contribution >= 0.6 is 0 Å². The molecule has 0 aliphatic rings. The minimum Gasteiger partial charge on any atom is -0.487 e. The van der Waals surface area contributed by atoms with E-state index in [2.05, 4.69) is 10.3 Å². The summed E-state index contributed by atoms with van der Waals surface area (Å²) in [6, 6.07) is 15.4. The Balaban J connectivity index is 1.48. The number of ether oxygens (including phenoxy) is 1. The summed E-state index contributed by atoms with van der Waals surface area (Å²) in [5.74, 6) is -0.000137. The highest BCUT2D eigenvalue weighted by atomic mass is 16.6. The van der Waals surface area contributed by atoms with Crippen LogP contribution in [0.4, 0.5) is 17.1 Å². The van der Waals surface area contributed by atoms with Gasteiger partial charge in [-0.3, -0.25) is 14.9 Å². The van der Waals surface area contributed by atoms with Gasteiger partial charge in [-0.1, -0.05) is 12.1 Å². The number of nitrogen functional groups attached to an aromatic ring is 1. The molecule has 31 heavy (non-hydrogen) atoms. The smallest absolute Gasteiger partial charge is 0.293 e. The maximum absolute atomic E-state index is 12.7. The van der Waals surface area contributed by atoms with Gasteiger partial charge in [0.05, 0.1) is 16.2 Å². The molecule has 2 heterocycles. The lowest BCUT2D eigenvalue weighted by atomic mass is 10.1. The number of nitrogens with one attached hydrogen (secondary N) is 1. The molecule has 1 amide bonds. The summed E-state index contributed by atoms with van der Waals surface area (Å²) in [7, 11) is 0. The van der Waals surface area contributed by atoms with E-state index in [1.807, 2.05) is 35.0 Å². The van der Waals surface area contributed by atoms with Crippen molar-refractivity contribution >= 4 is 28.6 Å². The number of carbonyl (C=O) groups excluding carboxylic acids is 1. The Kier molecular flexibility index (Phi) is 5.23. The molecule has 0 saturated heterocycles. The Bertz CT molecular complexity index is 1270. The molecule has 0 bridgehead atoms. The van der Waals surface area contributed by atoms with Crippen LogP contribution < -0.4 is 15.8 Å². The number of nitrogens with two attached hydrogens (primary N) is 1. The van der Waals surface area contributed by atoms with E-state index in [1.54, 1.807) is 31.2 Å². The number of aromatic nitrogens is 2. The summed E-state index contributed by atoms with van der Waals surface area (Å²) < 4.78 is 7.71. The molecule has 0 atom stereocenters. The SMILES string of the molecule is Cc1cc(C(=O)Nc2cccc(OCc3cn4ccccc4n3)c2)c(N)c([N+](=O)[O-])c1. The zero-order valence-corrected chi connectivity index (χ0v) is 16.6. The molecule has 156 valence electrons. The lowest BCUT2D eigenvalue weighted by Crippen LogP contribution is -2.15. The number of hydrogen-bond acceptors (Lipinski definition) is 6. The average Bonchev–Trinajstić information content (AvgIpc) is 3.17. The van der Waals surface area contributed by atoms with Gasteiger partial charge in [0.2, 0.25) is 0 Å². The molecule has 0 unspecified atom stereocenters. The highest BCUT2D eigenvalue weighted by Crippen LogP contribution is 2.28. The zero-order valence-electron chi connectivity index (χ0n) is 16.6. The molecule has 0 aliphatic heterocycles. The second-order valence-electron chi connectivity index (χ2n) is 6.97. The van der Waals surface area contributed by atoms with Crippen LogP contribution in [0.1, 0.15) is 21.6 Å². The fourth-order valence-electron chi connectivity index (χ4n) is 3.19. The summed E-state index contributed by atoms with van der Waals surface area (Å²) in [5.41, 5.74) is 8.05. The van der Waals surface area contributed by atoms with Crippen LogP contribution in [0, 0.1) is 17.0 Å². The van der Waals surface area contributed by atoms with Gasteiger partial charge < -0.3 is 20.2 Å². The van der Waals surface area contributed by atoms with Crippen molar-refractivity contribution in [2.75, 3.05) is 11.1 Å². The number of nitro benzene ring substituents is 1. The van der Waals surface area contributed by atoms with Crippen molar-refractivity contribution in [3.63, 3.8) is 0 Å². The number of amides is 1. The predicted octanol–water partition coefficient (Wildman–Crippen LogP) is 3.96. The van der Waals surface area contributed by atoms with Crippen LogP contribution in [-0.2, 0) is 6.61 Å². The number of nitro groups is 1. The first kappa shape index (κ1) is 19.9. The summed E-state index contributed by atoms with van der Waals surface area (Å²) >= 11 is 0. The first-order valence-corrected chi connectivity index (χ1v) is 9.42. The molecular weight excluding hydrogens is 398 g/mol. The molecule has 0 saturated carbocycles. The van der Waals surface area contributed by atoms with Crippen LogP contribution in [0.2, 0.25) is 0 Å².